The zero-order valence-electron chi connectivity index (χ0n) is 12.1. The molecule has 0 unspecified atom stereocenters. The second kappa shape index (κ2) is 6.29. The van der Waals surface area contributed by atoms with Crippen molar-refractivity contribution in [3.63, 3.8) is 0 Å². The number of halogens is 1. The molecule has 0 aliphatic carbocycles. The van der Waals surface area contributed by atoms with E-state index < -0.39 is 0 Å². The minimum atomic E-state index is -0.0761. The standard InChI is InChI=1S/C17H11ClN2O2S/c1-22-16-12(18)7-10(8-14(16)21)6-11(9-19)17-20-13-4-2-3-5-15(13)23-17/h2-8,21H,1H3. The fourth-order valence-corrected chi connectivity index (χ4v) is 3.41. The molecule has 4 nitrogen and oxygen atoms in total. The summed E-state index contributed by atoms with van der Waals surface area (Å²) < 4.78 is 6.02. The Labute approximate surface area is 141 Å². The molecule has 2 aromatic carbocycles. The van der Waals surface area contributed by atoms with Gasteiger partial charge in [0.15, 0.2) is 11.5 Å². The van der Waals surface area contributed by atoms with E-state index in [1.807, 2.05) is 24.3 Å². The zero-order valence-corrected chi connectivity index (χ0v) is 13.6. The van der Waals surface area contributed by atoms with Crippen LogP contribution < -0.4 is 4.74 Å². The molecule has 3 rings (SSSR count). The molecule has 0 amide bonds. The van der Waals surface area contributed by atoms with Crippen LogP contribution in [0, 0.1) is 11.3 Å². The summed E-state index contributed by atoms with van der Waals surface area (Å²) in [6.07, 6.45) is 1.64. The van der Waals surface area contributed by atoms with Crippen LogP contribution in [0.4, 0.5) is 0 Å². The number of ether oxygens (including phenoxy) is 1. The van der Waals surface area contributed by atoms with Gasteiger partial charge in [-0.15, -0.1) is 11.3 Å². The first kappa shape index (κ1) is 15.3. The summed E-state index contributed by atoms with van der Waals surface area (Å²) in [5.41, 5.74) is 1.86. The molecule has 0 aliphatic heterocycles. The van der Waals surface area contributed by atoms with Crippen LogP contribution in [0.3, 0.4) is 0 Å². The van der Waals surface area contributed by atoms with Crippen molar-refractivity contribution in [2.24, 2.45) is 0 Å². The molecule has 0 saturated carbocycles. The lowest BCUT2D eigenvalue weighted by atomic mass is 10.1. The maximum absolute atomic E-state index is 9.91. The zero-order chi connectivity index (χ0) is 16.4. The van der Waals surface area contributed by atoms with Crippen LogP contribution in [0.15, 0.2) is 36.4 Å². The molecule has 6 heteroatoms. The third-order valence-electron chi connectivity index (χ3n) is 3.21. The van der Waals surface area contributed by atoms with Gasteiger partial charge in [0.1, 0.15) is 11.1 Å². The molecule has 114 valence electrons. The number of hydrogen-bond acceptors (Lipinski definition) is 5. The highest BCUT2D eigenvalue weighted by Gasteiger charge is 2.11. The van der Waals surface area contributed by atoms with Gasteiger partial charge in [0.2, 0.25) is 0 Å². The van der Waals surface area contributed by atoms with E-state index in [4.69, 9.17) is 16.3 Å². The molecule has 0 fully saturated rings. The lowest BCUT2D eigenvalue weighted by Gasteiger charge is -2.06. The number of hydrogen-bond donors (Lipinski definition) is 1. The van der Waals surface area contributed by atoms with Crippen molar-refractivity contribution in [1.29, 1.82) is 5.26 Å². The summed E-state index contributed by atoms with van der Waals surface area (Å²) in [5, 5.41) is 20.2. The van der Waals surface area contributed by atoms with E-state index in [0.717, 1.165) is 10.2 Å². The average Bonchev–Trinajstić information content (AvgIpc) is 2.96. The van der Waals surface area contributed by atoms with Crippen LogP contribution in [0.25, 0.3) is 21.9 Å². The van der Waals surface area contributed by atoms with E-state index in [9.17, 15) is 10.4 Å². The first-order chi connectivity index (χ1) is 11.1. The van der Waals surface area contributed by atoms with Crippen LogP contribution >= 0.6 is 22.9 Å². The predicted octanol–water partition coefficient (Wildman–Crippen LogP) is 4.73. The Morgan fingerprint density at radius 3 is 2.83 bits per heavy atom. The van der Waals surface area contributed by atoms with Crippen molar-refractivity contribution in [3.05, 3.63) is 52.0 Å². The van der Waals surface area contributed by atoms with E-state index >= 15 is 0 Å². The number of nitriles is 1. The number of allylic oxidation sites excluding steroid dienone is 1. The molecule has 0 spiro atoms. The average molecular weight is 343 g/mol. The molecule has 1 N–H and O–H groups in total. The van der Waals surface area contributed by atoms with Crippen molar-refractivity contribution < 1.29 is 9.84 Å². The Bertz CT molecular complexity index is 901. The van der Waals surface area contributed by atoms with Gasteiger partial charge >= 0.3 is 0 Å². The Kier molecular flexibility index (Phi) is 4.20. The van der Waals surface area contributed by atoms with E-state index in [1.165, 1.54) is 24.5 Å². The van der Waals surface area contributed by atoms with Crippen molar-refractivity contribution in [3.8, 4) is 17.6 Å². The van der Waals surface area contributed by atoms with Gasteiger partial charge in [-0.25, -0.2) is 4.98 Å². The third kappa shape index (κ3) is 3.00. The molecular formula is C17H11ClN2O2S. The maximum atomic E-state index is 9.91. The van der Waals surface area contributed by atoms with E-state index in [1.54, 1.807) is 12.1 Å². The summed E-state index contributed by atoms with van der Waals surface area (Å²) >= 11 is 7.50. The van der Waals surface area contributed by atoms with Gasteiger partial charge in [-0.05, 0) is 35.9 Å². The molecule has 0 bridgehead atoms. The lowest BCUT2D eigenvalue weighted by Crippen LogP contribution is -1.87. The fourth-order valence-electron chi connectivity index (χ4n) is 2.18. The number of aromatic hydroxyl groups is 1. The molecule has 1 aromatic heterocycles. The molecule has 1 heterocycles. The molecule has 0 radical (unpaired) electrons. The summed E-state index contributed by atoms with van der Waals surface area (Å²) in [5.74, 6) is 0.134. The minimum Gasteiger partial charge on any atom is -0.504 e. The topological polar surface area (TPSA) is 66.1 Å². The Balaban J connectivity index is 2.07. The number of benzene rings is 2. The highest BCUT2D eigenvalue weighted by atomic mass is 35.5. The number of methoxy groups -OCH3 is 1. The van der Waals surface area contributed by atoms with Crippen molar-refractivity contribution in [1.82, 2.24) is 4.98 Å². The third-order valence-corrected chi connectivity index (χ3v) is 4.56. The number of phenols is 1. The number of phenolic OH excluding ortho intramolecular Hbond substituents is 1. The van der Waals surface area contributed by atoms with Gasteiger partial charge < -0.3 is 9.84 Å². The highest BCUT2D eigenvalue weighted by molar-refractivity contribution is 7.19. The lowest BCUT2D eigenvalue weighted by molar-refractivity contribution is 0.373. The van der Waals surface area contributed by atoms with Crippen LogP contribution in [0.1, 0.15) is 10.6 Å². The van der Waals surface area contributed by atoms with E-state index in [2.05, 4.69) is 11.1 Å². The second-order valence-corrected chi connectivity index (χ2v) is 6.15. The summed E-state index contributed by atoms with van der Waals surface area (Å²) in [6, 6.07) is 13.0. The summed E-state index contributed by atoms with van der Waals surface area (Å²) in [6.45, 7) is 0. The van der Waals surface area contributed by atoms with Gasteiger partial charge in [0.05, 0.1) is 27.9 Å². The van der Waals surface area contributed by atoms with Gasteiger partial charge in [-0.1, -0.05) is 23.7 Å². The summed E-state index contributed by atoms with van der Waals surface area (Å²) in [7, 11) is 1.43. The van der Waals surface area contributed by atoms with Crippen LogP contribution in [0.5, 0.6) is 11.5 Å². The van der Waals surface area contributed by atoms with Gasteiger partial charge in [-0.3, -0.25) is 0 Å². The molecule has 0 atom stereocenters. The highest BCUT2D eigenvalue weighted by Crippen LogP contribution is 2.36. The molecule has 0 saturated heterocycles. The maximum Gasteiger partial charge on any atom is 0.179 e. The molecular weight excluding hydrogens is 332 g/mol. The second-order valence-electron chi connectivity index (χ2n) is 4.71. The minimum absolute atomic E-state index is 0.0761. The number of para-hydroxylation sites is 1. The monoisotopic (exact) mass is 342 g/mol. The van der Waals surface area contributed by atoms with Crippen molar-refractivity contribution in [2.45, 2.75) is 0 Å². The van der Waals surface area contributed by atoms with Crippen molar-refractivity contribution in [2.75, 3.05) is 7.11 Å². The van der Waals surface area contributed by atoms with E-state index in [-0.39, 0.29) is 16.5 Å². The number of fused-ring (bicyclic) bond motifs is 1. The Hall–Kier alpha value is -2.55. The number of nitrogens with zero attached hydrogens (tertiary/aromatic N) is 2. The van der Waals surface area contributed by atoms with Gasteiger partial charge in [0, 0.05) is 0 Å². The molecule has 3 aromatic rings. The molecule has 0 aliphatic rings. The molecule has 23 heavy (non-hydrogen) atoms. The predicted molar refractivity (Wildman–Crippen MR) is 92.8 cm³/mol. The number of aromatic nitrogens is 1. The number of thiazole rings is 1. The quantitative estimate of drug-likeness (QED) is 0.699. The van der Waals surface area contributed by atoms with Crippen LogP contribution in [0.2, 0.25) is 5.02 Å². The largest absolute Gasteiger partial charge is 0.504 e. The smallest absolute Gasteiger partial charge is 0.179 e. The Morgan fingerprint density at radius 2 is 2.17 bits per heavy atom. The first-order valence-corrected chi connectivity index (χ1v) is 7.86. The SMILES string of the molecule is COc1c(O)cc(C=C(C#N)c2nc3ccccc3s2)cc1Cl. The Morgan fingerprint density at radius 1 is 1.39 bits per heavy atom. The van der Waals surface area contributed by atoms with Crippen LogP contribution in [-0.4, -0.2) is 17.2 Å². The van der Waals surface area contributed by atoms with Gasteiger partial charge in [0.25, 0.3) is 0 Å². The van der Waals surface area contributed by atoms with Crippen molar-refractivity contribution >= 4 is 44.8 Å². The first-order valence-electron chi connectivity index (χ1n) is 6.66. The normalized spacial score (nSPS) is 11.4. The fraction of sp³-hybridized carbons (Fsp3) is 0.0588. The van der Waals surface area contributed by atoms with Crippen LogP contribution in [-0.2, 0) is 0 Å². The van der Waals surface area contributed by atoms with E-state index in [0.29, 0.717) is 16.1 Å². The summed E-state index contributed by atoms with van der Waals surface area (Å²) in [4.78, 5) is 4.47. The number of rotatable bonds is 3. The van der Waals surface area contributed by atoms with Gasteiger partial charge in [-0.2, -0.15) is 5.26 Å².